The van der Waals surface area contributed by atoms with Crippen LogP contribution >= 0.6 is 0 Å². The molecule has 0 radical (unpaired) electrons. The molecule has 1 heterocycles. The van der Waals surface area contributed by atoms with Crippen molar-refractivity contribution in [3.63, 3.8) is 0 Å². The van der Waals surface area contributed by atoms with Gasteiger partial charge in [-0.15, -0.1) is 0 Å². The zero-order chi connectivity index (χ0) is 24.2. The molecule has 0 fully saturated rings. The van der Waals surface area contributed by atoms with Crippen LogP contribution in [0.25, 0.3) is 0 Å². The number of nitrogen functional groups attached to an aromatic ring is 1. The van der Waals surface area contributed by atoms with Gasteiger partial charge in [-0.25, -0.2) is 19.6 Å². The van der Waals surface area contributed by atoms with E-state index in [1.165, 1.54) is 50.6 Å². The maximum Gasteiger partial charge on any atom is 0.418 e. The van der Waals surface area contributed by atoms with E-state index in [9.17, 15) is 22.8 Å². The van der Waals surface area contributed by atoms with Gasteiger partial charge in [-0.1, -0.05) is 12.1 Å². The summed E-state index contributed by atoms with van der Waals surface area (Å²) in [7, 11) is 2.36. The highest BCUT2D eigenvalue weighted by atomic mass is 19.4. The van der Waals surface area contributed by atoms with E-state index in [-0.39, 0.29) is 39.8 Å². The average Bonchev–Trinajstić information content (AvgIpc) is 2.80. The van der Waals surface area contributed by atoms with Gasteiger partial charge in [0, 0.05) is 5.69 Å². The molecule has 0 amide bonds. The first-order valence-corrected chi connectivity index (χ1v) is 9.26. The maximum absolute atomic E-state index is 13.3. The SMILES string of the molecule is COC(=O)c1cc(Nc2ncnc(Nc3ccccc3C(F)(F)F)c2N)cc(C(=O)OC)c1. The molecule has 0 saturated heterocycles. The third-order valence-corrected chi connectivity index (χ3v) is 4.41. The fourth-order valence-corrected chi connectivity index (χ4v) is 2.87. The smallest absolute Gasteiger partial charge is 0.418 e. The number of hydrogen-bond acceptors (Lipinski definition) is 9. The van der Waals surface area contributed by atoms with Gasteiger partial charge in [0.05, 0.1) is 36.6 Å². The number of rotatable bonds is 6. The first-order valence-electron chi connectivity index (χ1n) is 9.26. The molecule has 1 aromatic heterocycles. The Labute approximate surface area is 185 Å². The van der Waals surface area contributed by atoms with Crippen LogP contribution in [0.2, 0.25) is 0 Å². The number of methoxy groups -OCH3 is 2. The highest BCUT2D eigenvalue weighted by Crippen LogP contribution is 2.37. The Kier molecular flexibility index (Phi) is 6.66. The van der Waals surface area contributed by atoms with Crippen LogP contribution in [-0.2, 0) is 15.7 Å². The number of hydrogen-bond donors (Lipinski definition) is 3. The summed E-state index contributed by atoms with van der Waals surface area (Å²) >= 11 is 0. The van der Waals surface area contributed by atoms with Crippen molar-refractivity contribution in [1.29, 1.82) is 0 Å². The second-order valence-electron chi connectivity index (χ2n) is 6.56. The third-order valence-electron chi connectivity index (χ3n) is 4.41. The minimum Gasteiger partial charge on any atom is -0.465 e. The molecular weight excluding hydrogens is 443 g/mol. The normalized spacial score (nSPS) is 10.9. The van der Waals surface area contributed by atoms with Crippen molar-refractivity contribution in [1.82, 2.24) is 9.97 Å². The van der Waals surface area contributed by atoms with Crippen molar-refractivity contribution in [2.75, 3.05) is 30.6 Å². The van der Waals surface area contributed by atoms with Crippen LogP contribution < -0.4 is 16.4 Å². The van der Waals surface area contributed by atoms with E-state index < -0.39 is 23.7 Å². The van der Waals surface area contributed by atoms with E-state index in [0.29, 0.717) is 0 Å². The van der Waals surface area contributed by atoms with Crippen molar-refractivity contribution in [3.8, 4) is 0 Å². The van der Waals surface area contributed by atoms with Crippen molar-refractivity contribution in [2.45, 2.75) is 6.18 Å². The number of nitrogens with one attached hydrogen (secondary N) is 2. The van der Waals surface area contributed by atoms with E-state index in [0.717, 1.165) is 12.4 Å². The number of benzene rings is 2. The average molecular weight is 461 g/mol. The van der Waals surface area contributed by atoms with Crippen molar-refractivity contribution >= 4 is 40.6 Å². The summed E-state index contributed by atoms with van der Waals surface area (Å²) in [6.45, 7) is 0. The summed E-state index contributed by atoms with van der Waals surface area (Å²) in [5.74, 6) is -1.47. The first kappa shape index (κ1) is 23.3. The van der Waals surface area contributed by atoms with E-state index >= 15 is 0 Å². The van der Waals surface area contributed by atoms with E-state index in [2.05, 4.69) is 30.1 Å². The molecule has 172 valence electrons. The van der Waals surface area contributed by atoms with E-state index in [4.69, 9.17) is 5.73 Å². The standard InChI is InChI=1S/C21H18F3N5O4/c1-32-19(30)11-7-12(20(31)33-2)9-13(8-11)28-17-16(25)18(27-10-26-17)29-15-6-4-3-5-14(15)21(22,23)24/h3-10H,25H2,1-2H3,(H2,26,27,28,29). The van der Waals surface area contributed by atoms with Gasteiger partial charge in [-0.05, 0) is 30.3 Å². The van der Waals surface area contributed by atoms with Crippen LogP contribution in [-0.4, -0.2) is 36.1 Å². The predicted octanol–water partition coefficient (Wildman–Crippen LogP) is 4.14. The van der Waals surface area contributed by atoms with Crippen molar-refractivity contribution < 1.29 is 32.2 Å². The molecule has 4 N–H and O–H groups in total. The summed E-state index contributed by atoms with van der Waals surface area (Å²) in [5.41, 5.74) is 5.15. The topological polar surface area (TPSA) is 128 Å². The second kappa shape index (κ2) is 9.42. The molecule has 3 rings (SSSR count). The summed E-state index contributed by atoms with van der Waals surface area (Å²) in [5, 5.41) is 5.39. The Hall–Kier alpha value is -4.35. The zero-order valence-electron chi connectivity index (χ0n) is 17.4. The van der Waals surface area contributed by atoms with Gasteiger partial charge >= 0.3 is 18.1 Å². The predicted molar refractivity (Wildman–Crippen MR) is 114 cm³/mol. The molecule has 0 aliphatic rings. The second-order valence-corrected chi connectivity index (χ2v) is 6.56. The van der Waals surface area contributed by atoms with Crippen molar-refractivity contribution in [2.24, 2.45) is 0 Å². The summed E-state index contributed by atoms with van der Waals surface area (Å²) in [6, 6.07) is 8.90. The van der Waals surface area contributed by atoms with Crippen LogP contribution in [0.5, 0.6) is 0 Å². The molecule has 0 aliphatic heterocycles. The van der Waals surface area contributed by atoms with Crippen molar-refractivity contribution in [3.05, 3.63) is 65.5 Å². The number of alkyl halides is 3. The van der Waals surface area contributed by atoms with Gasteiger partial charge in [0.1, 0.15) is 12.0 Å². The molecule has 0 bridgehead atoms. The van der Waals surface area contributed by atoms with Crippen LogP contribution in [0.4, 0.5) is 41.9 Å². The fourth-order valence-electron chi connectivity index (χ4n) is 2.87. The number of carbonyl (C=O) groups excluding carboxylic acids is 2. The van der Waals surface area contributed by atoms with Gasteiger partial charge in [0.15, 0.2) is 11.6 Å². The Balaban J connectivity index is 1.97. The van der Waals surface area contributed by atoms with Gasteiger partial charge in [-0.2, -0.15) is 13.2 Å². The molecule has 0 atom stereocenters. The summed E-state index contributed by atoms with van der Waals surface area (Å²) in [4.78, 5) is 31.8. The quantitative estimate of drug-likeness (QED) is 0.464. The highest BCUT2D eigenvalue weighted by molar-refractivity contribution is 5.97. The Morgan fingerprint density at radius 3 is 2.00 bits per heavy atom. The zero-order valence-corrected chi connectivity index (χ0v) is 17.4. The van der Waals surface area contributed by atoms with Crippen LogP contribution in [0, 0.1) is 0 Å². The lowest BCUT2D eigenvalue weighted by Crippen LogP contribution is -2.11. The number of halogens is 3. The molecule has 0 spiro atoms. The molecule has 0 saturated carbocycles. The number of anilines is 5. The van der Waals surface area contributed by atoms with E-state index in [1.54, 1.807) is 0 Å². The number of ether oxygens (including phenoxy) is 2. The maximum atomic E-state index is 13.3. The third kappa shape index (κ3) is 5.29. The summed E-state index contributed by atoms with van der Waals surface area (Å²) < 4.78 is 49.2. The Bertz CT molecular complexity index is 1170. The van der Waals surface area contributed by atoms with Gasteiger partial charge in [0.25, 0.3) is 0 Å². The van der Waals surface area contributed by atoms with Gasteiger partial charge in [-0.3, -0.25) is 0 Å². The molecule has 0 aliphatic carbocycles. The highest BCUT2D eigenvalue weighted by Gasteiger charge is 2.33. The molecule has 0 unspecified atom stereocenters. The summed E-state index contributed by atoms with van der Waals surface area (Å²) in [6.07, 6.45) is -3.51. The Morgan fingerprint density at radius 1 is 0.909 bits per heavy atom. The lowest BCUT2D eigenvalue weighted by molar-refractivity contribution is -0.136. The van der Waals surface area contributed by atoms with Crippen LogP contribution in [0.15, 0.2) is 48.8 Å². The molecule has 9 nitrogen and oxygen atoms in total. The van der Waals surface area contributed by atoms with Crippen LogP contribution in [0.3, 0.4) is 0 Å². The molecule has 2 aromatic carbocycles. The molecule has 3 aromatic rings. The minimum atomic E-state index is -4.59. The molecular formula is C21H18F3N5O4. The lowest BCUT2D eigenvalue weighted by atomic mass is 10.1. The van der Waals surface area contributed by atoms with E-state index in [1.807, 2.05) is 0 Å². The number of aromatic nitrogens is 2. The Morgan fingerprint density at radius 2 is 1.45 bits per heavy atom. The fraction of sp³-hybridized carbons (Fsp3) is 0.143. The number of esters is 2. The van der Waals surface area contributed by atoms with Crippen LogP contribution in [0.1, 0.15) is 26.3 Å². The lowest BCUT2D eigenvalue weighted by Gasteiger charge is -2.16. The molecule has 12 heteroatoms. The molecule has 33 heavy (non-hydrogen) atoms. The first-order chi connectivity index (χ1) is 15.6. The number of nitrogens with zero attached hydrogens (tertiary/aromatic N) is 2. The number of nitrogens with two attached hydrogens (primary N) is 1. The number of carbonyl (C=O) groups is 2. The monoisotopic (exact) mass is 461 g/mol. The largest absolute Gasteiger partial charge is 0.465 e. The van der Waals surface area contributed by atoms with Gasteiger partial charge in [0.2, 0.25) is 0 Å². The number of para-hydroxylation sites is 1. The van der Waals surface area contributed by atoms with Gasteiger partial charge < -0.3 is 25.8 Å². The minimum absolute atomic E-state index is 0.0230.